The Morgan fingerprint density at radius 2 is 1.86 bits per heavy atom. The third kappa shape index (κ3) is 3.60. The average Bonchev–Trinajstić information content (AvgIpc) is 3.32. The third-order valence-corrected chi connectivity index (χ3v) is 4.69. The third-order valence-electron chi connectivity index (χ3n) is 4.69. The molecule has 4 aromatic rings. The minimum absolute atomic E-state index is 0.236. The van der Waals surface area contributed by atoms with Gasteiger partial charge in [0.05, 0.1) is 6.26 Å². The van der Waals surface area contributed by atoms with Gasteiger partial charge in [0, 0.05) is 17.3 Å². The van der Waals surface area contributed by atoms with Crippen LogP contribution in [0.15, 0.2) is 63.6 Å². The standard InChI is InChI=1S/C23H20N2O3/c1-14-6-7-17(23-25-20-11-15(2)16(3)12-21(20)28-23)13-19(14)24-22(26)9-8-18-5-4-10-27-18/h4-13H,1-3H3,(H,24,26). The van der Waals surface area contributed by atoms with Crippen LogP contribution in [0.4, 0.5) is 5.69 Å². The number of aromatic nitrogens is 1. The van der Waals surface area contributed by atoms with E-state index >= 15 is 0 Å². The Hall–Kier alpha value is -3.60. The van der Waals surface area contributed by atoms with E-state index < -0.39 is 0 Å². The SMILES string of the molecule is Cc1cc2nc(-c3ccc(C)c(NC(=O)C=Cc4ccco4)c3)oc2cc1C. The first-order chi connectivity index (χ1) is 13.5. The summed E-state index contributed by atoms with van der Waals surface area (Å²) in [4.78, 5) is 16.8. The minimum Gasteiger partial charge on any atom is -0.465 e. The summed E-state index contributed by atoms with van der Waals surface area (Å²) in [5, 5.41) is 2.90. The Morgan fingerprint density at radius 3 is 2.64 bits per heavy atom. The predicted molar refractivity (Wildman–Crippen MR) is 110 cm³/mol. The lowest BCUT2D eigenvalue weighted by atomic mass is 10.1. The van der Waals surface area contributed by atoms with Crippen molar-refractivity contribution >= 4 is 28.8 Å². The van der Waals surface area contributed by atoms with E-state index in [9.17, 15) is 4.79 Å². The second-order valence-corrected chi connectivity index (χ2v) is 6.79. The van der Waals surface area contributed by atoms with Crippen molar-refractivity contribution < 1.29 is 13.6 Å². The van der Waals surface area contributed by atoms with Crippen LogP contribution < -0.4 is 5.32 Å². The molecule has 28 heavy (non-hydrogen) atoms. The summed E-state index contributed by atoms with van der Waals surface area (Å²) in [6, 6.07) is 13.3. The van der Waals surface area contributed by atoms with E-state index in [1.165, 1.54) is 11.6 Å². The van der Waals surface area contributed by atoms with Crippen molar-refractivity contribution in [3.8, 4) is 11.5 Å². The van der Waals surface area contributed by atoms with Gasteiger partial charge in [-0.15, -0.1) is 0 Å². The minimum atomic E-state index is -0.236. The number of oxazole rings is 1. The number of carbonyl (C=O) groups excluding carboxylic acids is 1. The number of amides is 1. The number of hydrogen-bond acceptors (Lipinski definition) is 4. The smallest absolute Gasteiger partial charge is 0.248 e. The Kier molecular flexibility index (Phi) is 4.57. The zero-order valence-corrected chi connectivity index (χ0v) is 15.9. The van der Waals surface area contributed by atoms with Crippen LogP contribution in [-0.2, 0) is 4.79 Å². The summed E-state index contributed by atoms with van der Waals surface area (Å²) in [6.07, 6.45) is 4.63. The van der Waals surface area contributed by atoms with E-state index in [-0.39, 0.29) is 5.91 Å². The van der Waals surface area contributed by atoms with Gasteiger partial charge >= 0.3 is 0 Å². The van der Waals surface area contributed by atoms with Crippen LogP contribution >= 0.6 is 0 Å². The lowest BCUT2D eigenvalue weighted by Crippen LogP contribution is -2.09. The monoisotopic (exact) mass is 372 g/mol. The first-order valence-corrected chi connectivity index (χ1v) is 9.01. The lowest BCUT2D eigenvalue weighted by Gasteiger charge is -2.07. The number of aryl methyl sites for hydroxylation is 3. The number of benzene rings is 2. The molecule has 0 aliphatic carbocycles. The maximum Gasteiger partial charge on any atom is 0.248 e. The highest BCUT2D eigenvalue weighted by Crippen LogP contribution is 2.29. The summed E-state index contributed by atoms with van der Waals surface area (Å²) >= 11 is 0. The van der Waals surface area contributed by atoms with Crippen molar-refractivity contribution in [2.24, 2.45) is 0 Å². The van der Waals surface area contributed by atoms with Gasteiger partial charge in [0.15, 0.2) is 5.58 Å². The Labute approximate surface area is 162 Å². The van der Waals surface area contributed by atoms with E-state index in [2.05, 4.69) is 17.2 Å². The molecule has 5 heteroatoms. The quantitative estimate of drug-likeness (QED) is 0.469. The summed E-state index contributed by atoms with van der Waals surface area (Å²) in [5.74, 6) is 0.916. The van der Waals surface area contributed by atoms with Crippen LogP contribution in [0.3, 0.4) is 0 Å². The highest BCUT2D eigenvalue weighted by atomic mass is 16.3. The molecule has 4 rings (SSSR count). The number of nitrogens with one attached hydrogen (secondary N) is 1. The molecule has 0 radical (unpaired) electrons. The number of anilines is 1. The van der Waals surface area contributed by atoms with Crippen molar-refractivity contribution in [3.05, 3.63) is 77.3 Å². The van der Waals surface area contributed by atoms with E-state index in [1.54, 1.807) is 24.5 Å². The molecular weight excluding hydrogens is 352 g/mol. The van der Waals surface area contributed by atoms with E-state index in [4.69, 9.17) is 8.83 Å². The van der Waals surface area contributed by atoms with E-state index in [0.717, 1.165) is 27.8 Å². The van der Waals surface area contributed by atoms with Gasteiger partial charge in [-0.2, -0.15) is 0 Å². The Morgan fingerprint density at radius 1 is 1.04 bits per heavy atom. The number of fused-ring (bicyclic) bond motifs is 1. The molecule has 1 amide bonds. The van der Waals surface area contributed by atoms with Crippen LogP contribution in [0.25, 0.3) is 28.6 Å². The normalized spacial score (nSPS) is 11.4. The zero-order valence-electron chi connectivity index (χ0n) is 15.9. The molecule has 0 aliphatic heterocycles. The van der Waals surface area contributed by atoms with Crippen molar-refractivity contribution in [1.29, 1.82) is 0 Å². The lowest BCUT2D eigenvalue weighted by molar-refractivity contribution is -0.111. The van der Waals surface area contributed by atoms with Crippen LogP contribution in [0.5, 0.6) is 0 Å². The van der Waals surface area contributed by atoms with Crippen molar-refractivity contribution in [2.45, 2.75) is 20.8 Å². The van der Waals surface area contributed by atoms with Crippen molar-refractivity contribution in [2.75, 3.05) is 5.32 Å². The fourth-order valence-corrected chi connectivity index (χ4v) is 2.91. The second kappa shape index (κ2) is 7.19. The first-order valence-electron chi connectivity index (χ1n) is 9.01. The summed E-state index contributed by atoms with van der Waals surface area (Å²) < 4.78 is 11.1. The maximum atomic E-state index is 12.2. The Bertz CT molecular complexity index is 1150. The molecule has 0 saturated carbocycles. The van der Waals surface area contributed by atoms with Crippen LogP contribution in [-0.4, -0.2) is 10.9 Å². The molecule has 2 aromatic carbocycles. The second-order valence-electron chi connectivity index (χ2n) is 6.79. The molecule has 2 heterocycles. The number of nitrogens with zero attached hydrogens (tertiary/aromatic N) is 1. The first kappa shape index (κ1) is 17.8. The summed E-state index contributed by atoms with van der Waals surface area (Å²) in [7, 11) is 0. The van der Waals surface area contributed by atoms with Gasteiger partial charge < -0.3 is 14.2 Å². The largest absolute Gasteiger partial charge is 0.465 e. The van der Waals surface area contributed by atoms with E-state index in [1.807, 2.05) is 44.2 Å². The molecule has 2 aromatic heterocycles. The molecule has 0 fully saturated rings. The predicted octanol–water partition coefficient (Wildman–Crippen LogP) is 5.66. The van der Waals surface area contributed by atoms with Gasteiger partial charge in [-0.1, -0.05) is 6.07 Å². The van der Waals surface area contributed by atoms with Gasteiger partial charge in [0.2, 0.25) is 11.8 Å². The van der Waals surface area contributed by atoms with Gasteiger partial charge in [0.25, 0.3) is 0 Å². The molecule has 1 N–H and O–H groups in total. The molecule has 0 saturated heterocycles. The topological polar surface area (TPSA) is 68.3 Å². The van der Waals surface area contributed by atoms with Gasteiger partial charge in [0.1, 0.15) is 11.3 Å². The molecule has 140 valence electrons. The number of rotatable bonds is 4. The number of carbonyl (C=O) groups is 1. The van der Waals surface area contributed by atoms with E-state index in [0.29, 0.717) is 17.3 Å². The van der Waals surface area contributed by atoms with Crippen molar-refractivity contribution in [1.82, 2.24) is 4.98 Å². The van der Waals surface area contributed by atoms with Crippen molar-refractivity contribution in [3.63, 3.8) is 0 Å². The molecule has 5 nitrogen and oxygen atoms in total. The average molecular weight is 372 g/mol. The molecular formula is C23H20N2O3. The summed E-state index contributed by atoms with van der Waals surface area (Å²) in [5.41, 5.74) is 6.38. The van der Waals surface area contributed by atoms with Crippen LogP contribution in [0, 0.1) is 20.8 Å². The maximum absolute atomic E-state index is 12.2. The highest BCUT2D eigenvalue weighted by molar-refractivity contribution is 6.02. The molecule has 0 unspecified atom stereocenters. The zero-order chi connectivity index (χ0) is 19.7. The molecule has 0 aliphatic rings. The van der Waals surface area contributed by atoms with Gasteiger partial charge in [-0.25, -0.2) is 4.98 Å². The highest BCUT2D eigenvalue weighted by Gasteiger charge is 2.12. The number of hydrogen-bond donors (Lipinski definition) is 1. The number of furan rings is 1. The fraction of sp³-hybridized carbons (Fsp3) is 0.130. The molecule has 0 atom stereocenters. The molecule has 0 bridgehead atoms. The fourth-order valence-electron chi connectivity index (χ4n) is 2.91. The Balaban J connectivity index is 1.61. The van der Waals surface area contributed by atoms with Crippen LogP contribution in [0.1, 0.15) is 22.5 Å². The summed E-state index contributed by atoms with van der Waals surface area (Å²) in [6.45, 7) is 6.04. The van der Waals surface area contributed by atoms with Crippen LogP contribution in [0.2, 0.25) is 0 Å². The van der Waals surface area contributed by atoms with Gasteiger partial charge in [-0.3, -0.25) is 4.79 Å². The molecule has 0 spiro atoms. The van der Waals surface area contributed by atoms with Gasteiger partial charge in [-0.05, 0) is 79.9 Å².